The largest absolute Gasteiger partial charge is 0.497 e. The summed E-state index contributed by atoms with van der Waals surface area (Å²) in [5.41, 5.74) is 1.82. The normalized spacial score (nSPS) is 10.6. The van der Waals surface area contributed by atoms with Crippen LogP contribution in [0.2, 0.25) is 0 Å². The Balaban J connectivity index is 1.97. The molecule has 0 aliphatic carbocycles. The minimum Gasteiger partial charge on any atom is -0.497 e. The summed E-state index contributed by atoms with van der Waals surface area (Å²) in [4.78, 5) is 14.0. The number of fused-ring (bicyclic) bond motifs is 1. The minimum atomic E-state index is -1.01. The summed E-state index contributed by atoms with van der Waals surface area (Å²) in [6.45, 7) is 0.399. The zero-order valence-corrected chi connectivity index (χ0v) is 12.0. The second-order valence-corrected chi connectivity index (χ2v) is 4.85. The summed E-state index contributed by atoms with van der Waals surface area (Å²) in [5.74, 6) is 0.181. The highest BCUT2D eigenvalue weighted by Crippen LogP contribution is 2.32. The number of hydrogen-bond donors (Lipinski definition) is 2. The van der Waals surface area contributed by atoms with E-state index >= 15 is 0 Å². The van der Waals surface area contributed by atoms with Crippen LogP contribution in [0.3, 0.4) is 0 Å². The number of benzene rings is 2. The highest BCUT2D eigenvalue weighted by molar-refractivity contribution is 5.96. The number of rotatable bonds is 5. The van der Waals surface area contributed by atoms with Crippen molar-refractivity contribution in [3.05, 3.63) is 59.8 Å². The predicted molar refractivity (Wildman–Crippen MR) is 82.6 cm³/mol. The third-order valence-electron chi connectivity index (χ3n) is 3.38. The molecule has 0 saturated carbocycles. The molecule has 5 nitrogen and oxygen atoms in total. The molecule has 22 heavy (non-hydrogen) atoms. The number of methoxy groups -OCH3 is 1. The molecule has 0 atom stereocenters. The van der Waals surface area contributed by atoms with Crippen molar-refractivity contribution in [1.82, 2.24) is 4.98 Å². The molecule has 0 fully saturated rings. The van der Waals surface area contributed by atoms with Crippen LogP contribution in [0.1, 0.15) is 16.1 Å². The molecule has 0 aliphatic rings. The van der Waals surface area contributed by atoms with Gasteiger partial charge in [-0.1, -0.05) is 30.3 Å². The second kappa shape index (κ2) is 5.81. The van der Waals surface area contributed by atoms with E-state index in [0.717, 1.165) is 5.56 Å². The molecule has 5 heteroatoms. The Morgan fingerprint density at radius 1 is 1.18 bits per heavy atom. The van der Waals surface area contributed by atoms with E-state index < -0.39 is 5.97 Å². The van der Waals surface area contributed by atoms with Gasteiger partial charge in [0.05, 0.1) is 12.6 Å². The van der Waals surface area contributed by atoms with E-state index in [0.29, 0.717) is 29.0 Å². The molecule has 0 amide bonds. The van der Waals surface area contributed by atoms with Crippen LogP contribution in [0.15, 0.2) is 48.5 Å². The van der Waals surface area contributed by atoms with E-state index in [1.807, 2.05) is 30.3 Å². The maximum absolute atomic E-state index is 11.1. The van der Waals surface area contributed by atoms with E-state index in [9.17, 15) is 4.79 Å². The van der Waals surface area contributed by atoms with Gasteiger partial charge >= 0.3 is 5.97 Å². The Kier molecular flexibility index (Phi) is 3.70. The Labute approximate surface area is 127 Å². The molecular formula is C17H15NO4. The van der Waals surface area contributed by atoms with E-state index in [2.05, 4.69) is 4.98 Å². The summed E-state index contributed by atoms with van der Waals surface area (Å²) in [5, 5.41) is 9.82. The summed E-state index contributed by atoms with van der Waals surface area (Å²) >= 11 is 0. The monoisotopic (exact) mass is 297 g/mol. The minimum absolute atomic E-state index is 0.118. The number of ether oxygens (including phenoxy) is 2. The second-order valence-electron chi connectivity index (χ2n) is 4.85. The summed E-state index contributed by atoms with van der Waals surface area (Å²) in [6, 6.07) is 14.8. The maximum atomic E-state index is 11.1. The predicted octanol–water partition coefficient (Wildman–Crippen LogP) is 3.45. The molecule has 2 N–H and O–H groups in total. The zero-order valence-electron chi connectivity index (χ0n) is 12.0. The molecule has 3 aromatic rings. The number of aromatic nitrogens is 1. The number of carboxylic acids is 1. The lowest BCUT2D eigenvalue weighted by Gasteiger charge is -2.09. The average Bonchev–Trinajstić information content (AvgIpc) is 2.97. The van der Waals surface area contributed by atoms with Gasteiger partial charge in [0.2, 0.25) is 0 Å². The third-order valence-corrected chi connectivity index (χ3v) is 3.38. The standard InChI is InChI=1S/C17H15NO4/c1-21-12-7-14-13(9-15(18-14)17(19)20)16(8-12)22-10-11-5-3-2-4-6-11/h2-9,18H,10H2,1H3,(H,19,20). The maximum Gasteiger partial charge on any atom is 0.352 e. The molecule has 112 valence electrons. The van der Waals surface area contributed by atoms with Crippen LogP contribution in [0.5, 0.6) is 11.5 Å². The van der Waals surface area contributed by atoms with Gasteiger partial charge in [-0.15, -0.1) is 0 Å². The first-order chi connectivity index (χ1) is 10.7. The van der Waals surface area contributed by atoms with E-state index in [4.69, 9.17) is 14.6 Å². The van der Waals surface area contributed by atoms with E-state index in [-0.39, 0.29) is 5.69 Å². The van der Waals surface area contributed by atoms with E-state index in [1.165, 1.54) is 0 Å². The summed E-state index contributed by atoms with van der Waals surface area (Å²) < 4.78 is 11.1. The average molecular weight is 297 g/mol. The molecule has 0 bridgehead atoms. The van der Waals surface area contributed by atoms with Crippen molar-refractivity contribution in [3.8, 4) is 11.5 Å². The molecular weight excluding hydrogens is 282 g/mol. The molecule has 1 aromatic heterocycles. The fourth-order valence-corrected chi connectivity index (χ4v) is 2.27. The fourth-order valence-electron chi connectivity index (χ4n) is 2.27. The van der Waals surface area contributed by atoms with Gasteiger partial charge in [-0.2, -0.15) is 0 Å². The Bertz CT molecular complexity index is 808. The number of H-pyrrole nitrogens is 1. The van der Waals surface area contributed by atoms with Gasteiger partial charge in [0.25, 0.3) is 0 Å². The van der Waals surface area contributed by atoms with Gasteiger partial charge < -0.3 is 19.6 Å². The topological polar surface area (TPSA) is 71.6 Å². The van der Waals surface area contributed by atoms with Crippen LogP contribution in [0, 0.1) is 0 Å². The van der Waals surface area contributed by atoms with Crippen LogP contribution in [-0.4, -0.2) is 23.2 Å². The van der Waals surface area contributed by atoms with Crippen molar-refractivity contribution < 1.29 is 19.4 Å². The number of carboxylic acid groups (broad SMARTS) is 1. The molecule has 1 heterocycles. The van der Waals surface area contributed by atoms with Crippen molar-refractivity contribution in [2.75, 3.05) is 7.11 Å². The number of nitrogens with one attached hydrogen (secondary N) is 1. The molecule has 0 aliphatic heterocycles. The van der Waals surface area contributed by atoms with Crippen LogP contribution in [-0.2, 0) is 6.61 Å². The lowest BCUT2D eigenvalue weighted by atomic mass is 10.2. The Hall–Kier alpha value is -2.95. The van der Waals surface area contributed by atoms with E-state index in [1.54, 1.807) is 25.3 Å². The third kappa shape index (κ3) is 2.74. The van der Waals surface area contributed by atoms with Crippen molar-refractivity contribution in [2.24, 2.45) is 0 Å². The van der Waals surface area contributed by atoms with Crippen LogP contribution in [0.4, 0.5) is 0 Å². The number of aromatic amines is 1. The zero-order chi connectivity index (χ0) is 15.5. The molecule has 0 unspecified atom stereocenters. The van der Waals surface area contributed by atoms with Gasteiger partial charge in [-0.3, -0.25) is 0 Å². The van der Waals surface area contributed by atoms with Crippen molar-refractivity contribution >= 4 is 16.9 Å². The Morgan fingerprint density at radius 2 is 1.95 bits per heavy atom. The molecule has 0 spiro atoms. The Morgan fingerprint density at radius 3 is 2.64 bits per heavy atom. The van der Waals surface area contributed by atoms with Crippen LogP contribution >= 0.6 is 0 Å². The smallest absolute Gasteiger partial charge is 0.352 e. The van der Waals surface area contributed by atoms with Crippen molar-refractivity contribution in [1.29, 1.82) is 0 Å². The van der Waals surface area contributed by atoms with Crippen LogP contribution < -0.4 is 9.47 Å². The summed E-state index contributed by atoms with van der Waals surface area (Å²) in [7, 11) is 1.56. The van der Waals surface area contributed by atoms with Gasteiger partial charge in [0, 0.05) is 17.5 Å². The first kappa shape index (κ1) is 14.0. The SMILES string of the molecule is COc1cc(OCc2ccccc2)c2cc(C(=O)O)[nH]c2c1. The number of aromatic carboxylic acids is 1. The van der Waals surface area contributed by atoms with Crippen molar-refractivity contribution in [3.63, 3.8) is 0 Å². The molecule has 2 aromatic carbocycles. The highest BCUT2D eigenvalue weighted by Gasteiger charge is 2.13. The fraction of sp³-hybridized carbons (Fsp3) is 0.118. The lowest BCUT2D eigenvalue weighted by Crippen LogP contribution is -1.96. The molecule has 0 saturated heterocycles. The van der Waals surface area contributed by atoms with Crippen LogP contribution in [0.25, 0.3) is 10.9 Å². The molecule has 0 radical (unpaired) electrons. The lowest BCUT2D eigenvalue weighted by molar-refractivity contribution is 0.0691. The number of hydrogen-bond acceptors (Lipinski definition) is 3. The molecule has 3 rings (SSSR count). The first-order valence-electron chi connectivity index (χ1n) is 6.78. The van der Waals surface area contributed by atoms with Gasteiger partial charge in [0.15, 0.2) is 0 Å². The quantitative estimate of drug-likeness (QED) is 0.756. The van der Waals surface area contributed by atoms with Gasteiger partial charge in [0.1, 0.15) is 23.8 Å². The van der Waals surface area contributed by atoms with Gasteiger partial charge in [-0.25, -0.2) is 4.79 Å². The highest BCUT2D eigenvalue weighted by atomic mass is 16.5. The summed E-state index contributed by atoms with van der Waals surface area (Å²) in [6.07, 6.45) is 0. The van der Waals surface area contributed by atoms with Gasteiger partial charge in [-0.05, 0) is 11.6 Å². The van der Waals surface area contributed by atoms with Crippen molar-refractivity contribution in [2.45, 2.75) is 6.61 Å². The number of carbonyl (C=O) groups is 1. The first-order valence-corrected chi connectivity index (χ1v) is 6.78.